The lowest BCUT2D eigenvalue weighted by atomic mass is 9.91. The number of benzene rings is 1. The summed E-state index contributed by atoms with van der Waals surface area (Å²) in [5.74, 6) is -0.852. The topological polar surface area (TPSA) is 55.1 Å². The van der Waals surface area contributed by atoms with Crippen LogP contribution in [0.25, 0.3) is 0 Å². The molecule has 1 aliphatic carbocycles. The fraction of sp³-hybridized carbons (Fsp3) is 0.462. The lowest BCUT2D eigenvalue weighted by Crippen LogP contribution is -2.40. The Hall–Kier alpha value is -0.650. The van der Waals surface area contributed by atoms with Crippen LogP contribution in [0.1, 0.15) is 36.0 Å². The van der Waals surface area contributed by atoms with E-state index < -0.39 is 5.82 Å². The van der Waals surface area contributed by atoms with Gasteiger partial charge in [-0.3, -0.25) is 4.79 Å². The summed E-state index contributed by atoms with van der Waals surface area (Å²) >= 11 is 3.16. The largest absolute Gasteiger partial charge is 0.349 e. The van der Waals surface area contributed by atoms with Crippen molar-refractivity contribution in [1.82, 2.24) is 5.32 Å². The van der Waals surface area contributed by atoms with Gasteiger partial charge in [-0.15, -0.1) is 12.4 Å². The molecule has 0 atom stereocenters. The minimum absolute atomic E-state index is 0. The van der Waals surface area contributed by atoms with Crippen molar-refractivity contribution in [3.8, 4) is 0 Å². The molecule has 1 amide bonds. The fourth-order valence-corrected chi connectivity index (χ4v) is 2.53. The van der Waals surface area contributed by atoms with Gasteiger partial charge in [0.15, 0.2) is 0 Å². The molecule has 1 aliphatic rings. The van der Waals surface area contributed by atoms with Crippen LogP contribution in [0.3, 0.4) is 0 Å². The molecule has 0 aromatic heterocycles. The zero-order chi connectivity index (χ0) is 13.1. The van der Waals surface area contributed by atoms with Crippen molar-refractivity contribution >= 4 is 34.2 Å². The van der Waals surface area contributed by atoms with Crippen LogP contribution < -0.4 is 11.1 Å². The number of carbonyl (C=O) groups is 1. The van der Waals surface area contributed by atoms with E-state index >= 15 is 0 Å². The van der Waals surface area contributed by atoms with Crippen molar-refractivity contribution < 1.29 is 9.18 Å². The monoisotopic (exact) mass is 350 g/mol. The summed E-state index contributed by atoms with van der Waals surface area (Å²) in [6.45, 7) is 0. The number of amides is 1. The SMILES string of the molecule is Cl.NC1CCC(NC(=O)c2ccc(Br)cc2F)CC1. The summed E-state index contributed by atoms with van der Waals surface area (Å²) in [4.78, 5) is 11.9. The maximum absolute atomic E-state index is 13.6. The Bertz CT molecular complexity index is 450. The number of carbonyl (C=O) groups excluding carboxylic acids is 1. The van der Waals surface area contributed by atoms with Gasteiger partial charge in [-0.1, -0.05) is 15.9 Å². The van der Waals surface area contributed by atoms with Crippen molar-refractivity contribution in [3.05, 3.63) is 34.1 Å². The molecule has 0 heterocycles. The standard InChI is InChI=1S/C13H16BrFN2O.ClH/c14-8-1-6-11(12(15)7-8)13(18)17-10-4-2-9(16)3-5-10;/h1,6-7,9-10H,2-5,16H2,(H,17,18);1H. The molecule has 0 radical (unpaired) electrons. The van der Waals surface area contributed by atoms with E-state index in [0.717, 1.165) is 25.7 Å². The van der Waals surface area contributed by atoms with Gasteiger partial charge in [0.05, 0.1) is 5.56 Å². The predicted octanol–water partition coefficient (Wildman–Crippen LogP) is 3.01. The molecule has 106 valence electrons. The number of rotatable bonds is 2. The highest BCUT2D eigenvalue weighted by Crippen LogP contribution is 2.19. The van der Waals surface area contributed by atoms with Crippen LogP contribution in [-0.4, -0.2) is 18.0 Å². The van der Waals surface area contributed by atoms with Gasteiger partial charge in [-0.25, -0.2) is 4.39 Å². The first-order valence-corrected chi connectivity index (χ1v) is 6.87. The van der Waals surface area contributed by atoms with Crippen LogP contribution >= 0.6 is 28.3 Å². The molecule has 6 heteroatoms. The zero-order valence-electron chi connectivity index (χ0n) is 10.4. The molecular weight excluding hydrogens is 335 g/mol. The van der Waals surface area contributed by atoms with Crippen molar-refractivity contribution in [2.75, 3.05) is 0 Å². The van der Waals surface area contributed by atoms with E-state index in [2.05, 4.69) is 21.2 Å². The smallest absolute Gasteiger partial charge is 0.254 e. The first kappa shape index (κ1) is 16.4. The second-order valence-corrected chi connectivity index (χ2v) is 5.63. The maximum Gasteiger partial charge on any atom is 0.254 e. The van der Waals surface area contributed by atoms with E-state index in [4.69, 9.17) is 5.73 Å². The summed E-state index contributed by atoms with van der Waals surface area (Å²) in [6.07, 6.45) is 3.55. The van der Waals surface area contributed by atoms with E-state index in [-0.39, 0.29) is 36.0 Å². The molecule has 0 saturated heterocycles. The molecule has 0 bridgehead atoms. The first-order valence-electron chi connectivity index (χ1n) is 6.08. The predicted molar refractivity (Wildman–Crippen MR) is 79.0 cm³/mol. The third-order valence-corrected chi connectivity index (χ3v) is 3.78. The average molecular weight is 352 g/mol. The molecular formula is C13H17BrClFN2O. The molecule has 3 nitrogen and oxygen atoms in total. The Balaban J connectivity index is 0.00000180. The van der Waals surface area contributed by atoms with E-state index in [0.29, 0.717) is 4.47 Å². The first-order chi connectivity index (χ1) is 8.56. The molecule has 0 unspecified atom stereocenters. The molecule has 3 N–H and O–H groups in total. The van der Waals surface area contributed by atoms with Gasteiger partial charge >= 0.3 is 0 Å². The summed E-state index contributed by atoms with van der Waals surface area (Å²) in [5.41, 5.74) is 5.89. The molecule has 1 fully saturated rings. The Kier molecular flexibility index (Phi) is 6.23. The van der Waals surface area contributed by atoms with Crippen molar-refractivity contribution in [3.63, 3.8) is 0 Å². The zero-order valence-corrected chi connectivity index (χ0v) is 12.8. The van der Waals surface area contributed by atoms with E-state index in [1.807, 2.05) is 0 Å². The molecule has 2 rings (SSSR count). The molecule has 19 heavy (non-hydrogen) atoms. The summed E-state index contributed by atoms with van der Waals surface area (Å²) < 4.78 is 14.2. The number of hydrogen-bond donors (Lipinski definition) is 2. The number of nitrogens with two attached hydrogens (primary N) is 1. The van der Waals surface area contributed by atoms with Gasteiger partial charge in [-0.05, 0) is 43.9 Å². The van der Waals surface area contributed by atoms with Crippen molar-refractivity contribution in [1.29, 1.82) is 0 Å². The van der Waals surface area contributed by atoms with Crippen LogP contribution in [0.4, 0.5) is 4.39 Å². The van der Waals surface area contributed by atoms with Crippen molar-refractivity contribution in [2.45, 2.75) is 37.8 Å². The van der Waals surface area contributed by atoms with E-state index in [1.165, 1.54) is 12.1 Å². The third-order valence-electron chi connectivity index (χ3n) is 3.28. The van der Waals surface area contributed by atoms with Gasteiger partial charge in [0.2, 0.25) is 0 Å². The summed E-state index contributed by atoms with van der Waals surface area (Å²) in [7, 11) is 0. The highest BCUT2D eigenvalue weighted by molar-refractivity contribution is 9.10. The molecule has 1 saturated carbocycles. The van der Waals surface area contributed by atoms with Crippen LogP contribution in [0.5, 0.6) is 0 Å². The van der Waals surface area contributed by atoms with Crippen LogP contribution in [-0.2, 0) is 0 Å². The van der Waals surface area contributed by atoms with Crippen LogP contribution in [0, 0.1) is 5.82 Å². The second kappa shape index (κ2) is 7.22. The molecule has 1 aromatic carbocycles. The van der Waals surface area contributed by atoms with E-state index in [1.54, 1.807) is 6.07 Å². The Morgan fingerprint density at radius 2 is 1.95 bits per heavy atom. The van der Waals surface area contributed by atoms with Gasteiger partial charge in [-0.2, -0.15) is 0 Å². The van der Waals surface area contributed by atoms with Gasteiger partial charge < -0.3 is 11.1 Å². The summed E-state index contributed by atoms with van der Waals surface area (Å²) in [5, 5.41) is 2.87. The minimum atomic E-state index is -0.505. The minimum Gasteiger partial charge on any atom is -0.349 e. The van der Waals surface area contributed by atoms with Crippen molar-refractivity contribution in [2.24, 2.45) is 5.73 Å². The number of hydrogen-bond acceptors (Lipinski definition) is 2. The molecule has 1 aromatic rings. The Morgan fingerprint density at radius 3 is 2.53 bits per heavy atom. The quantitative estimate of drug-likeness (QED) is 0.860. The van der Waals surface area contributed by atoms with Crippen LogP contribution in [0.2, 0.25) is 0 Å². The lowest BCUT2D eigenvalue weighted by Gasteiger charge is -2.26. The fourth-order valence-electron chi connectivity index (χ4n) is 2.20. The van der Waals surface area contributed by atoms with Gasteiger partial charge in [0.1, 0.15) is 5.82 Å². The number of halogens is 3. The Morgan fingerprint density at radius 1 is 1.32 bits per heavy atom. The summed E-state index contributed by atoms with van der Waals surface area (Å²) in [6, 6.07) is 4.80. The molecule has 0 aliphatic heterocycles. The van der Waals surface area contributed by atoms with Gasteiger partial charge in [0.25, 0.3) is 5.91 Å². The number of nitrogens with one attached hydrogen (secondary N) is 1. The molecule has 0 spiro atoms. The van der Waals surface area contributed by atoms with Crippen LogP contribution in [0.15, 0.2) is 22.7 Å². The average Bonchev–Trinajstić information content (AvgIpc) is 2.32. The van der Waals surface area contributed by atoms with E-state index in [9.17, 15) is 9.18 Å². The lowest BCUT2D eigenvalue weighted by molar-refractivity contribution is 0.0922. The Labute approximate surface area is 126 Å². The normalized spacial score (nSPS) is 22.5. The highest BCUT2D eigenvalue weighted by atomic mass is 79.9. The third kappa shape index (κ3) is 4.44. The van der Waals surface area contributed by atoms with Gasteiger partial charge in [0, 0.05) is 16.6 Å². The maximum atomic E-state index is 13.6. The highest BCUT2D eigenvalue weighted by Gasteiger charge is 2.21. The second-order valence-electron chi connectivity index (χ2n) is 4.71.